The van der Waals surface area contributed by atoms with Gasteiger partial charge in [-0.2, -0.15) is 0 Å². The number of rotatable bonds is 5. The SMILES string of the molecule is Cc1ccccc1CCC(N)Cc1ccc(Br)s1. The van der Waals surface area contributed by atoms with Gasteiger partial charge in [-0.25, -0.2) is 0 Å². The minimum Gasteiger partial charge on any atom is -0.327 e. The monoisotopic (exact) mass is 323 g/mol. The third kappa shape index (κ3) is 3.94. The second-order valence-electron chi connectivity index (χ2n) is 4.64. The maximum atomic E-state index is 6.20. The van der Waals surface area contributed by atoms with Crippen LogP contribution in [0.5, 0.6) is 0 Å². The molecule has 1 heterocycles. The molecule has 2 N–H and O–H groups in total. The first kappa shape index (κ1) is 13.8. The van der Waals surface area contributed by atoms with Gasteiger partial charge in [-0.15, -0.1) is 11.3 Å². The van der Waals surface area contributed by atoms with Gasteiger partial charge in [0.25, 0.3) is 0 Å². The lowest BCUT2D eigenvalue weighted by Gasteiger charge is -2.11. The molecule has 0 bridgehead atoms. The molecule has 1 unspecified atom stereocenters. The fraction of sp³-hybridized carbons (Fsp3) is 0.333. The van der Waals surface area contributed by atoms with Crippen LogP contribution < -0.4 is 5.73 Å². The van der Waals surface area contributed by atoms with Crippen LogP contribution in [0.15, 0.2) is 40.2 Å². The first-order valence-electron chi connectivity index (χ1n) is 6.19. The molecule has 0 aliphatic rings. The van der Waals surface area contributed by atoms with Crippen molar-refractivity contribution in [2.24, 2.45) is 5.73 Å². The van der Waals surface area contributed by atoms with Gasteiger partial charge in [-0.3, -0.25) is 0 Å². The quantitative estimate of drug-likeness (QED) is 0.871. The topological polar surface area (TPSA) is 26.0 Å². The Balaban J connectivity index is 1.85. The van der Waals surface area contributed by atoms with E-state index in [1.807, 2.05) is 0 Å². The number of aryl methyl sites for hydroxylation is 2. The van der Waals surface area contributed by atoms with Gasteiger partial charge in [0.2, 0.25) is 0 Å². The molecule has 2 aromatic rings. The van der Waals surface area contributed by atoms with E-state index in [4.69, 9.17) is 5.73 Å². The maximum Gasteiger partial charge on any atom is 0.0701 e. The van der Waals surface area contributed by atoms with Crippen LogP contribution in [-0.4, -0.2) is 6.04 Å². The molecule has 0 aliphatic heterocycles. The van der Waals surface area contributed by atoms with Gasteiger partial charge in [-0.05, 0) is 65.4 Å². The van der Waals surface area contributed by atoms with Crippen LogP contribution in [0, 0.1) is 6.92 Å². The number of hydrogen-bond acceptors (Lipinski definition) is 2. The van der Waals surface area contributed by atoms with Gasteiger partial charge < -0.3 is 5.73 Å². The summed E-state index contributed by atoms with van der Waals surface area (Å²) in [4.78, 5) is 1.36. The molecular weight excluding hydrogens is 306 g/mol. The van der Waals surface area contributed by atoms with Crippen molar-refractivity contribution in [1.29, 1.82) is 0 Å². The summed E-state index contributed by atoms with van der Waals surface area (Å²) in [6.45, 7) is 2.16. The van der Waals surface area contributed by atoms with Crippen LogP contribution in [0.25, 0.3) is 0 Å². The summed E-state index contributed by atoms with van der Waals surface area (Å²) in [6.07, 6.45) is 3.09. The summed E-state index contributed by atoms with van der Waals surface area (Å²) in [5, 5.41) is 0. The molecule has 18 heavy (non-hydrogen) atoms. The molecule has 1 aromatic heterocycles. The van der Waals surface area contributed by atoms with Crippen LogP contribution in [0.3, 0.4) is 0 Å². The highest BCUT2D eigenvalue weighted by atomic mass is 79.9. The Morgan fingerprint density at radius 1 is 1.22 bits per heavy atom. The lowest BCUT2D eigenvalue weighted by molar-refractivity contribution is 0.614. The van der Waals surface area contributed by atoms with E-state index >= 15 is 0 Å². The van der Waals surface area contributed by atoms with E-state index < -0.39 is 0 Å². The van der Waals surface area contributed by atoms with Crippen LogP contribution in [-0.2, 0) is 12.8 Å². The zero-order chi connectivity index (χ0) is 13.0. The van der Waals surface area contributed by atoms with E-state index in [9.17, 15) is 0 Å². The molecule has 2 rings (SSSR count). The molecule has 0 saturated heterocycles. The average molecular weight is 324 g/mol. The fourth-order valence-electron chi connectivity index (χ4n) is 2.05. The van der Waals surface area contributed by atoms with Gasteiger partial charge in [0, 0.05) is 10.9 Å². The molecule has 0 fully saturated rings. The molecule has 1 atom stereocenters. The highest BCUT2D eigenvalue weighted by molar-refractivity contribution is 9.11. The zero-order valence-electron chi connectivity index (χ0n) is 10.5. The van der Waals surface area contributed by atoms with E-state index in [1.165, 1.54) is 19.8 Å². The van der Waals surface area contributed by atoms with Crippen molar-refractivity contribution in [3.05, 3.63) is 56.2 Å². The Bertz CT molecular complexity index is 507. The lowest BCUT2D eigenvalue weighted by Crippen LogP contribution is -2.23. The van der Waals surface area contributed by atoms with Crippen LogP contribution >= 0.6 is 27.3 Å². The molecule has 0 aliphatic carbocycles. The van der Waals surface area contributed by atoms with E-state index in [2.05, 4.69) is 59.3 Å². The first-order chi connectivity index (χ1) is 8.65. The standard InChI is InChI=1S/C15H18BrNS/c1-11-4-2-3-5-12(11)6-7-13(17)10-14-8-9-15(16)18-14/h2-5,8-9,13H,6-7,10,17H2,1H3. The van der Waals surface area contributed by atoms with Crippen molar-refractivity contribution in [2.75, 3.05) is 0 Å². The summed E-state index contributed by atoms with van der Waals surface area (Å²) in [6, 6.07) is 13.0. The second-order valence-corrected chi connectivity index (χ2v) is 7.18. The van der Waals surface area contributed by atoms with E-state index in [0.717, 1.165) is 19.3 Å². The molecule has 0 amide bonds. The van der Waals surface area contributed by atoms with Crippen LogP contribution in [0.1, 0.15) is 22.4 Å². The summed E-state index contributed by atoms with van der Waals surface area (Å²) in [5.41, 5.74) is 8.99. The van der Waals surface area contributed by atoms with Crippen molar-refractivity contribution in [3.63, 3.8) is 0 Å². The second kappa shape index (κ2) is 6.50. The third-order valence-corrected chi connectivity index (χ3v) is 4.78. The smallest absolute Gasteiger partial charge is 0.0701 e. The van der Waals surface area contributed by atoms with E-state index in [0.29, 0.717) is 0 Å². The maximum absolute atomic E-state index is 6.20. The number of benzene rings is 1. The van der Waals surface area contributed by atoms with Gasteiger partial charge in [0.05, 0.1) is 3.79 Å². The van der Waals surface area contributed by atoms with Crippen molar-refractivity contribution in [2.45, 2.75) is 32.2 Å². The van der Waals surface area contributed by atoms with Gasteiger partial charge in [0.15, 0.2) is 0 Å². The molecule has 0 radical (unpaired) electrons. The van der Waals surface area contributed by atoms with Gasteiger partial charge in [-0.1, -0.05) is 24.3 Å². The van der Waals surface area contributed by atoms with Crippen LogP contribution in [0.2, 0.25) is 0 Å². The highest BCUT2D eigenvalue weighted by Gasteiger charge is 2.07. The molecule has 0 spiro atoms. The molecule has 0 saturated carbocycles. The Morgan fingerprint density at radius 3 is 2.67 bits per heavy atom. The first-order valence-corrected chi connectivity index (χ1v) is 7.80. The average Bonchev–Trinajstić information content (AvgIpc) is 2.74. The zero-order valence-corrected chi connectivity index (χ0v) is 12.9. The molecule has 1 nitrogen and oxygen atoms in total. The Labute approximate surface area is 121 Å². The minimum atomic E-state index is 0.246. The fourth-order valence-corrected chi connectivity index (χ4v) is 3.63. The molecular formula is C15H18BrNS. The molecule has 96 valence electrons. The number of thiophene rings is 1. The largest absolute Gasteiger partial charge is 0.327 e. The Hall–Kier alpha value is -0.640. The third-order valence-electron chi connectivity index (χ3n) is 3.14. The van der Waals surface area contributed by atoms with Crippen molar-refractivity contribution in [3.8, 4) is 0 Å². The van der Waals surface area contributed by atoms with E-state index in [-0.39, 0.29) is 6.04 Å². The summed E-state index contributed by atoms with van der Waals surface area (Å²) >= 11 is 5.26. The molecule has 3 heteroatoms. The van der Waals surface area contributed by atoms with Crippen LogP contribution in [0.4, 0.5) is 0 Å². The normalized spacial score (nSPS) is 12.6. The highest BCUT2D eigenvalue weighted by Crippen LogP contribution is 2.23. The summed E-state index contributed by atoms with van der Waals surface area (Å²) < 4.78 is 1.18. The van der Waals surface area contributed by atoms with Crippen molar-refractivity contribution < 1.29 is 0 Å². The Morgan fingerprint density at radius 2 is 2.00 bits per heavy atom. The van der Waals surface area contributed by atoms with Crippen molar-refractivity contribution >= 4 is 27.3 Å². The summed E-state index contributed by atoms with van der Waals surface area (Å²) in [5.74, 6) is 0. The Kier molecular flexibility index (Phi) is 4.98. The van der Waals surface area contributed by atoms with Gasteiger partial charge >= 0.3 is 0 Å². The lowest BCUT2D eigenvalue weighted by atomic mass is 10.00. The number of nitrogens with two attached hydrogens (primary N) is 1. The van der Waals surface area contributed by atoms with Crippen molar-refractivity contribution in [1.82, 2.24) is 0 Å². The summed E-state index contributed by atoms with van der Waals surface area (Å²) in [7, 11) is 0. The predicted octanol–water partition coefficient (Wildman–Crippen LogP) is 4.32. The predicted molar refractivity (Wildman–Crippen MR) is 83.2 cm³/mol. The number of halogens is 1. The van der Waals surface area contributed by atoms with Gasteiger partial charge in [0.1, 0.15) is 0 Å². The minimum absolute atomic E-state index is 0.246. The molecule has 1 aromatic carbocycles. The van der Waals surface area contributed by atoms with E-state index in [1.54, 1.807) is 11.3 Å². The number of hydrogen-bond donors (Lipinski definition) is 1.